The predicted octanol–water partition coefficient (Wildman–Crippen LogP) is 1.52. The molecule has 0 aromatic carbocycles. The standard InChI is InChI=1S/C9H11NO/c11-9(7-3-4-7)8-2-1-5-10-6-8/h1-2,5-7,9,11H,3-4H2/t9-/m0/s1. The molecule has 0 unspecified atom stereocenters. The van der Waals surface area contributed by atoms with Gasteiger partial charge in [-0.05, 0) is 30.4 Å². The van der Waals surface area contributed by atoms with E-state index in [-0.39, 0.29) is 6.10 Å². The van der Waals surface area contributed by atoms with Crippen LogP contribution in [0.3, 0.4) is 0 Å². The van der Waals surface area contributed by atoms with E-state index in [1.165, 1.54) is 0 Å². The fourth-order valence-electron chi connectivity index (χ4n) is 1.24. The number of nitrogens with zero attached hydrogens (tertiary/aromatic N) is 1. The van der Waals surface area contributed by atoms with E-state index in [1.807, 2.05) is 12.1 Å². The highest BCUT2D eigenvalue weighted by atomic mass is 16.3. The van der Waals surface area contributed by atoms with Gasteiger partial charge in [0.1, 0.15) is 0 Å². The molecule has 0 saturated heterocycles. The summed E-state index contributed by atoms with van der Waals surface area (Å²) in [5.74, 6) is 0.499. The zero-order valence-electron chi connectivity index (χ0n) is 6.27. The molecule has 1 saturated carbocycles. The molecular weight excluding hydrogens is 138 g/mol. The van der Waals surface area contributed by atoms with E-state index in [0.29, 0.717) is 5.92 Å². The highest BCUT2D eigenvalue weighted by Gasteiger charge is 2.30. The lowest BCUT2D eigenvalue weighted by Crippen LogP contribution is -1.98. The molecule has 1 aliphatic carbocycles. The Balaban J connectivity index is 2.15. The minimum absolute atomic E-state index is 0.274. The van der Waals surface area contributed by atoms with Gasteiger partial charge in [0.25, 0.3) is 0 Å². The van der Waals surface area contributed by atoms with Crippen LogP contribution in [-0.2, 0) is 0 Å². The summed E-state index contributed by atoms with van der Waals surface area (Å²) < 4.78 is 0. The first-order valence-electron chi connectivity index (χ1n) is 3.96. The SMILES string of the molecule is O[C@H](c1cccnc1)C1CC1. The summed E-state index contributed by atoms with van der Waals surface area (Å²) in [6.45, 7) is 0. The third-order valence-corrected chi connectivity index (χ3v) is 2.09. The normalized spacial score (nSPS) is 19.7. The van der Waals surface area contributed by atoms with E-state index >= 15 is 0 Å². The molecule has 0 spiro atoms. The number of aliphatic hydroxyl groups excluding tert-OH is 1. The second kappa shape index (κ2) is 2.62. The van der Waals surface area contributed by atoms with Crippen LogP contribution in [0.2, 0.25) is 0 Å². The zero-order chi connectivity index (χ0) is 7.68. The lowest BCUT2D eigenvalue weighted by molar-refractivity contribution is 0.153. The van der Waals surface area contributed by atoms with Crippen molar-refractivity contribution in [2.75, 3.05) is 0 Å². The fourth-order valence-corrected chi connectivity index (χ4v) is 1.24. The number of aromatic nitrogens is 1. The second-order valence-corrected chi connectivity index (χ2v) is 3.07. The number of hydrogen-bond acceptors (Lipinski definition) is 2. The van der Waals surface area contributed by atoms with E-state index < -0.39 is 0 Å². The first kappa shape index (κ1) is 6.80. The van der Waals surface area contributed by atoms with Crippen molar-refractivity contribution in [1.29, 1.82) is 0 Å². The average Bonchev–Trinajstić information content (AvgIpc) is 2.87. The third-order valence-electron chi connectivity index (χ3n) is 2.09. The number of aliphatic hydroxyl groups is 1. The van der Waals surface area contributed by atoms with Crippen LogP contribution in [0.4, 0.5) is 0 Å². The van der Waals surface area contributed by atoms with Gasteiger partial charge in [-0.2, -0.15) is 0 Å². The molecule has 2 nitrogen and oxygen atoms in total. The smallest absolute Gasteiger partial charge is 0.0833 e. The van der Waals surface area contributed by atoms with Crippen molar-refractivity contribution in [2.24, 2.45) is 5.92 Å². The van der Waals surface area contributed by atoms with Crippen molar-refractivity contribution in [2.45, 2.75) is 18.9 Å². The zero-order valence-corrected chi connectivity index (χ0v) is 6.27. The fraction of sp³-hybridized carbons (Fsp3) is 0.444. The first-order chi connectivity index (χ1) is 5.38. The van der Waals surface area contributed by atoms with Gasteiger partial charge in [-0.1, -0.05) is 6.07 Å². The van der Waals surface area contributed by atoms with Gasteiger partial charge < -0.3 is 5.11 Å². The maximum atomic E-state index is 9.62. The number of rotatable bonds is 2. The van der Waals surface area contributed by atoms with Crippen LogP contribution in [0.1, 0.15) is 24.5 Å². The molecule has 1 aromatic rings. The molecule has 1 atom stereocenters. The Morgan fingerprint density at radius 3 is 2.91 bits per heavy atom. The highest BCUT2D eigenvalue weighted by molar-refractivity contribution is 5.14. The molecule has 0 radical (unpaired) electrons. The molecular formula is C9H11NO. The molecule has 1 fully saturated rings. The lowest BCUT2D eigenvalue weighted by atomic mass is 10.1. The van der Waals surface area contributed by atoms with Crippen molar-refractivity contribution in [3.05, 3.63) is 30.1 Å². The van der Waals surface area contributed by atoms with Gasteiger partial charge in [-0.25, -0.2) is 0 Å². The first-order valence-corrected chi connectivity index (χ1v) is 3.96. The van der Waals surface area contributed by atoms with Crippen molar-refractivity contribution in [3.63, 3.8) is 0 Å². The van der Waals surface area contributed by atoms with Crippen molar-refractivity contribution in [3.8, 4) is 0 Å². The van der Waals surface area contributed by atoms with E-state index in [0.717, 1.165) is 18.4 Å². The minimum Gasteiger partial charge on any atom is -0.388 e. The van der Waals surface area contributed by atoms with Crippen molar-refractivity contribution < 1.29 is 5.11 Å². The van der Waals surface area contributed by atoms with E-state index in [2.05, 4.69) is 4.98 Å². The van der Waals surface area contributed by atoms with Gasteiger partial charge in [0.15, 0.2) is 0 Å². The summed E-state index contributed by atoms with van der Waals surface area (Å²) in [4.78, 5) is 3.96. The molecule has 0 bridgehead atoms. The molecule has 0 amide bonds. The minimum atomic E-state index is -0.274. The Morgan fingerprint density at radius 2 is 2.36 bits per heavy atom. The summed E-state index contributed by atoms with van der Waals surface area (Å²) in [6, 6.07) is 3.79. The second-order valence-electron chi connectivity index (χ2n) is 3.07. The van der Waals surface area contributed by atoms with Crippen LogP contribution in [0, 0.1) is 5.92 Å². The maximum Gasteiger partial charge on any atom is 0.0833 e. The van der Waals surface area contributed by atoms with Crippen molar-refractivity contribution in [1.82, 2.24) is 4.98 Å². The molecule has 1 aliphatic rings. The predicted molar refractivity (Wildman–Crippen MR) is 41.9 cm³/mol. The molecule has 1 aromatic heterocycles. The van der Waals surface area contributed by atoms with Gasteiger partial charge >= 0.3 is 0 Å². The highest BCUT2D eigenvalue weighted by Crippen LogP contribution is 2.40. The van der Waals surface area contributed by atoms with Crippen LogP contribution in [0.15, 0.2) is 24.5 Å². The van der Waals surface area contributed by atoms with Crippen LogP contribution in [0.5, 0.6) is 0 Å². The van der Waals surface area contributed by atoms with Gasteiger partial charge in [-0.15, -0.1) is 0 Å². The maximum absolute atomic E-state index is 9.62. The van der Waals surface area contributed by atoms with Gasteiger partial charge in [-0.3, -0.25) is 4.98 Å². The summed E-state index contributed by atoms with van der Waals surface area (Å²) >= 11 is 0. The Hall–Kier alpha value is -0.890. The molecule has 1 N–H and O–H groups in total. The summed E-state index contributed by atoms with van der Waals surface area (Å²) in [6.07, 6.45) is 5.52. The molecule has 11 heavy (non-hydrogen) atoms. The summed E-state index contributed by atoms with van der Waals surface area (Å²) in [5, 5.41) is 9.62. The van der Waals surface area contributed by atoms with Gasteiger partial charge in [0.05, 0.1) is 6.10 Å². The quantitative estimate of drug-likeness (QED) is 0.691. The van der Waals surface area contributed by atoms with E-state index in [4.69, 9.17) is 0 Å². The van der Waals surface area contributed by atoms with Crippen LogP contribution in [-0.4, -0.2) is 10.1 Å². The summed E-state index contributed by atoms with van der Waals surface area (Å²) in [7, 11) is 0. The largest absolute Gasteiger partial charge is 0.388 e. The number of hydrogen-bond donors (Lipinski definition) is 1. The molecule has 0 aliphatic heterocycles. The Bertz CT molecular complexity index is 231. The Kier molecular flexibility index (Phi) is 1.62. The summed E-state index contributed by atoms with van der Waals surface area (Å²) in [5.41, 5.74) is 0.954. The van der Waals surface area contributed by atoms with Crippen LogP contribution in [0.25, 0.3) is 0 Å². The Labute approximate surface area is 65.9 Å². The molecule has 1 heterocycles. The lowest BCUT2D eigenvalue weighted by Gasteiger charge is -2.07. The van der Waals surface area contributed by atoms with Crippen LogP contribution >= 0.6 is 0 Å². The van der Waals surface area contributed by atoms with E-state index in [1.54, 1.807) is 12.4 Å². The third kappa shape index (κ3) is 1.40. The van der Waals surface area contributed by atoms with E-state index in [9.17, 15) is 5.11 Å². The van der Waals surface area contributed by atoms with Gasteiger partial charge in [0.2, 0.25) is 0 Å². The average molecular weight is 149 g/mol. The van der Waals surface area contributed by atoms with Crippen molar-refractivity contribution >= 4 is 0 Å². The topological polar surface area (TPSA) is 33.1 Å². The molecule has 2 heteroatoms. The van der Waals surface area contributed by atoms with Gasteiger partial charge in [0, 0.05) is 12.4 Å². The molecule has 2 rings (SSSR count). The monoisotopic (exact) mass is 149 g/mol. The van der Waals surface area contributed by atoms with Crippen LogP contribution < -0.4 is 0 Å². The number of pyridine rings is 1. The Morgan fingerprint density at radius 1 is 1.55 bits per heavy atom. The molecule has 58 valence electrons.